The monoisotopic (exact) mass is 415 g/mol. The van der Waals surface area contributed by atoms with Gasteiger partial charge in [-0.2, -0.15) is 9.61 Å². The summed E-state index contributed by atoms with van der Waals surface area (Å²) in [4.78, 5) is 20.8. The zero-order valence-electron chi connectivity index (χ0n) is 17.1. The highest BCUT2D eigenvalue weighted by Gasteiger charge is 2.25. The Hall–Kier alpha value is -3.06. The fraction of sp³-hybridized carbons (Fsp3) is 0.304. The molecule has 7 heteroatoms. The summed E-state index contributed by atoms with van der Waals surface area (Å²) in [5.74, 6) is 1.31. The largest absolute Gasteiger partial charge is 0.283 e. The highest BCUT2D eigenvalue weighted by atomic mass is 32.1. The molecule has 0 saturated carbocycles. The van der Waals surface area contributed by atoms with Crippen LogP contribution in [0.2, 0.25) is 0 Å². The molecule has 1 unspecified atom stereocenters. The average molecular weight is 416 g/mol. The molecule has 6 nitrogen and oxygen atoms in total. The summed E-state index contributed by atoms with van der Waals surface area (Å²) in [5.41, 5.74) is 3.62. The molecule has 0 radical (unpaired) electrons. The Morgan fingerprint density at radius 3 is 2.70 bits per heavy atom. The standard InChI is InChI=1S/C23H21N5OS/c1-12-8-9-17-18(10-12)30-22-19(17)23(29)28-20(24-22)15-6-4-5-7-16(15)21(26-28)27-14(3)11-13(2)25-27/h4-7,11-12H,8-10H2,1-3H3. The van der Waals surface area contributed by atoms with E-state index in [2.05, 4.69) is 12.0 Å². The van der Waals surface area contributed by atoms with Gasteiger partial charge in [0.25, 0.3) is 5.56 Å². The van der Waals surface area contributed by atoms with Gasteiger partial charge in [-0.1, -0.05) is 31.2 Å². The minimum absolute atomic E-state index is 0.0735. The van der Waals surface area contributed by atoms with Gasteiger partial charge in [0, 0.05) is 21.3 Å². The van der Waals surface area contributed by atoms with Gasteiger partial charge in [0.2, 0.25) is 0 Å². The van der Waals surface area contributed by atoms with Gasteiger partial charge in [-0.3, -0.25) is 4.79 Å². The molecule has 0 aliphatic heterocycles. The normalized spacial score (nSPS) is 16.6. The van der Waals surface area contributed by atoms with Crippen LogP contribution in [0.3, 0.4) is 0 Å². The Morgan fingerprint density at radius 1 is 1.13 bits per heavy atom. The predicted octanol–water partition coefficient (Wildman–Crippen LogP) is 4.38. The summed E-state index contributed by atoms with van der Waals surface area (Å²) in [6.45, 7) is 6.24. The molecule has 5 aromatic rings. The van der Waals surface area contributed by atoms with Gasteiger partial charge in [0.1, 0.15) is 4.83 Å². The SMILES string of the molecule is Cc1cc(C)n(-c2nn3c(=O)c4c5c(sc4nc3c3ccccc23)CC(C)CC5)n1. The topological polar surface area (TPSA) is 65.1 Å². The highest BCUT2D eigenvalue weighted by molar-refractivity contribution is 7.18. The van der Waals surface area contributed by atoms with Crippen molar-refractivity contribution >= 4 is 38.0 Å². The molecule has 0 bridgehead atoms. The Morgan fingerprint density at radius 2 is 1.93 bits per heavy atom. The number of nitrogens with zero attached hydrogens (tertiary/aromatic N) is 5. The average Bonchev–Trinajstić information content (AvgIpc) is 3.26. The van der Waals surface area contributed by atoms with Crippen molar-refractivity contribution in [2.75, 3.05) is 0 Å². The molecular weight excluding hydrogens is 394 g/mol. The Bertz CT molecular complexity index is 1540. The van der Waals surface area contributed by atoms with Crippen LogP contribution in [0.5, 0.6) is 0 Å². The predicted molar refractivity (Wildman–Crippen MR) is 120 cm³/mol. The molecule has 6 rings (SSSR count). The molecule has 4 heterocycles. The van der Waals surface area contributed by atoms with Crippen LogP contribution < -0.4 is 5.56 Å². The van der Waals surface area contributed by atoms with Gasteiger partial charge in [0.05, 0.1) is 11.1 Å². The molecule has 1 aliphatic carbocycles. The molecule has 150 valence electrons. The smallest absolute Gasteiger partial charge is 0.267 e. The Labute approximate surface area is 176 Å². The van der Waals surface area contributed by atoms with E-state index in [1.54, 1.807) is 11.3 Å². The van der Waals surface area contributed by atoms with Crippen molar-refractivity contribution in [1.82, 2.24) is 24.4 Å². The molecule has 0 amide bonds. The van der Waals surface area contributed by atoms with Gasteiger partial charge in [-0.15, -0.1) is 16.4 Å². The van der Waals surface area contributed by atoms with Crippen molar-refractivity contribution < 1.29 is 0 Å². The molecule has 0 N–H and O–H groups in total. The summed E-state index contributed by atoms with van der Waals surface area (Å²) >= 11 is 1.68. The van der Waals surface area contributed by atoms with Crippen LogP contribution >= 0.6 is 11.3 Å². The number of rotatable bonds is 1. The maximum Gasteiger partial charge on any atom is 0.283 e. The number of hydrogen-bond acceptors (Lipinski definition) is 5. The van der Waals surface area contributed by atoms with Crippen molar-refractivity contribution in [3.8, 4) is 5.82 Å². The Kier molecular flexibility index (Phi) is 3.68. The third-order valence-corrected chi connectivity index (χ3v) is 7.27. The fourth-order valence-electron chi connectivity index (χ4n) is 4.67. The van der Waals surface area contributed by atoms with Crippen LogP contribution in [-0.2, 0) is 12.8 Å². The number of hydrogen-bond donors (Lipinski definition) is 0. The minimum atomic E-state index is -0.0735. The number of thiophene rings is 1. The van der Waals surface area contributed by atoms with Crippen molar-refractivity contribution in [2.24, 2.45) is 5.92 Å². The molecule has 0 fully saturated rings. The van der Waals surface area contributed by atoms with E-state index in [-0.39, 0.29) is 5.56 Å². The van der Waals surface area contributed by atoms with Gasteiger partial charge in [-0.25, -0.2) is 9.67 Å². The molecule has 4 aromatic heterocycles. The van der Waals surface area contributed by atoms with Crippen LogP contribution in [-0.4, -0.2) is 24.4 Å². The zero-order valence-corrected chi connectivity index (χ0v) is 18.0. The third-order valence-electron chi connectivity index (χ3n) is 6.12. The molecule has 30 heavy (non-hydrogen) atoms. The summed E-state index contributed by atoms with van der Waals surface area (Å²) in [6.07, 6.45) is 3.09. The quantitative estimate of drug-likeness (QED) is 0.381. The first-order chi connectivity index (χ1) is 14.5. The minimum Gasteiger partial charge on any atom is -0.267 e. The first kappa shape index (κ1) is 17.8. The Balaban J connectivity index is 1.77. The third kappa shape index (κ3) is 2.41. The number of aromatic nitrogens is 5. The van der Waals surface area contributed by atoms with E-state index in [0.29, 0.717) is 17.4 Å². The first-order valence-electron chi connectivity index (χ1n) is 10.3. The highest BCUT2D eigenvalue weighted by Crippen LogP contribution is 2.36. The lowest BCUT2D eigenvalue weighted by molar-refractivity contribution is 0.509. The summed E-state index contributed by atoms with van der Waals surface area (Å²) < 4.78 is 3.31. The van der Waals surface area contributed by atoms with Crippen LogP contribution in [0.25, 0.3) is 32.5 Å². The summed E-state index contributed by atoms with van der Waals surface area (Å²) in [6, 6.07) is 10.0. The number of benzene rings is 1. The zero-order chi connectivity index (χ0) is 20.6. The second-order valence-corrected chi connectivity index (χ2v) is 9.48. The van der Waals surface area contributed by atoms with Crippen LogP contribution in [0.1, 0.15) is 35.2 Å². The summed E-state index contributed by atoms with van der Waals surface area (Å²) in [5, 5.41) is 12.0. The number of fused-ring (bicyclic) bond motifs is 6. The lowest BCUT2D eigenvalue weighted by Crippen LogP contribution is -2.21. The van der Waals surface area contributed by atoms with Gasteiger partial charge >= 0.3 is 0 Å². The maximum absolute atomic E-state index is 13.7. The maximum atomic E-state index is 13.7. The molecule has 0 saturated heterocycles. The van der Waals surface area contributed by atoms with E-state index in [1.165, 1.54) is 15.0 Å². The van der Waals surface area contributed by atoms with E-state index in [1.807, 2.05) is 48.9 Å². The van der Waals surface area contributed by atoms with Crippen molar-refractivity contribution in [2.45, 2.75) is 40.0 Å². The van der Waals surface area contributed by atoms with Crippen molar-refractivity contribution in [3.05, 3.63) is 62.5 Å². The molecule has 0 spiro atoms. The second kappa shape index (κ2) is 6.22. The van der Waals surface area contributed by atoms with E-state index in [0.717, 1.165) is 51.6 Å². The van der Waals surface area contributed by atoms with Gasteiger partial charge in [0.15, 0.2) is 11.5 Å². The van der Waals surface area contributed by atoms with Gasteiger partial charge < -0.3 is 0 Å². The van der Waals surface area contributed by atoms with E-state index >= 15 is 0 Å². The van der Waals surface area contributed by atoms with Crippen LogP contribution in [0, 0.1) is 19.8 Å². The van der Waals surface area contributed by atoms with Crippen LogP contribution in [0.4, 0.5) is 0 Å². The fourth-order valence-corrected chi connectivity index (χ4v) is 6.04. The van der Waals surface area contributed by atoms with E-state index in [4.69, 9.17) is 10.1 Å². The molecular formula is C23H21N5OS. The second-order valence-electron chi connectivity index (χ2n) is 8.39. The van der Waals surface area contributed by atoms with Crippen LogP contribution in [0.15, 0.2) is 35.1 Å². The van der Waals surface area contributed by atoms with Gasteiger partial charge in [-0.05, 0) is 50.7 Å². The first-order valence-corrected chi connectivity index (χ1v) is 11.1. The lowest BCUT2D eigenvalue weighted by Gasteiger charge is -2.17. The van der Waals surface area contributed by atoms with E-state index < -0.39 is 0 Å². The lowest BCUT2D eigenvalue weighted by atomic mass is 9.89. The van der Waals surface area contributed by atoms with Crippen molar-refractivity contribution in [1.29, 1.82) is 0 Å². The van der Waals surface area contributed by atoms with Crippen molar-refractivity contribution in [3.63, 3.8) is 0 Å². The molecule has 1 aromatic carbocycles. The number of aryl methyl sites for hydroxylation is 3. The molecule has 1 aliphatic rings. The van der Waals surface area contributed by atoms with E-state index in [9.17, 15) is 4.79 Å². The summed E-state index contributed by atoms with van der Waals surface area (Å²) in [7, 11) is 0. The molecule has 1 atom stereocenters.